The van der Waals surface area contributed by atoms with Crippen LogP contribution in [0.5, 0.6) is 0 Å². The zero-order valence-corrected chi connectivity index (χ0v) is 19.7. The maximum absolute atomic E-state index is 13.0. The lowest BCUT2D eigenvalue weighted by molar-refractivity contribution is -0.120. The van der Waals surface area contributed by atoms with Crippen molar-refractivity contribution in [2.75, 3.05) is 37.6 Å². The molecule has 3 rings (SSSR count). The molecule has 7 heteroatoms. The molecule has 168 valence electrons. The zero-order chi connectivity index (χ0) is 22.5. The lowest BCUT2D eigenvalue weighted by atomic mass is 9.95. The molecule has 0 radical (unpaired) electrons. The largest absolute Gasteiger partial charge is 0.371 e. The van der Waals surface area contributed by atoms with E-state index in [1.54, 1.807) is 13.0 Å². The van der Waals surface area contributed by atoms with Gasteiger partial charge in [-0.2, -0.15) is 0 Å². The Balaban J connectivity index is 1.75. The van der Waals surface area contributed by atoms with E-state index in [0.717, 1.165) is 55.8 Å². The van der Waals surface area contributed by atoms with Crippen molar-refractivity contribution in [3.05, 3.63) is 39.9 Å². The lowest BCUT2D eigenvalue weighted by Crippen LogP contribution is -2.37. The maximum Gasteiger partial charge on any atom is 0.254 e. The van der Waals surface area contributed by atoms with E-state index in [2.05, 4.69) is 27.4 Å². The number of nitrogens with one attached hydrogen (secondary N) is 2. The number of carbonyl (C=O) groups excluding carboxylic acids is 2. The molecule has 1 unspecified atom stereocenters. The molecule has 1 saturated heterocycles. The van der Waals surface area contributed by atoms with Crippen molar-refractivity contribution < 1.29 is 9.59 Å². The normalized spacial score (nSPS) is 19.6. The molecule has 1 aromatic rings. The Kier molecular flexibility index (Phi) is 7.89. The van der Waals surface area contributed by atoms with Crippen molar-refractivity contribution in [2.45, 2.75) is 40.5 Å². The number of carbonyl (C=O) groups is 2. The van der Waals surface area contributed by atoms with Gasteiger partial charge in [0.05, 0.1) is 5.92 Å². The number of aliphatic imine (C=N–C) groups is 1. The molecular formula is C24H33ClN4O2. The number of hydrogen-bond acceptors (Lipinski definition) is 4. The summed E-state index contributed by atoms with van der Waals surface area (Å²) in [5, 5.41) is 6.88. The van der Waals surface area contributed by atoms with E-state index in [1.165, 1.54) is 0 Å². The molecule has 1 atom stereocenters. The molecule has 2 amide bonds. The van der Waals surface area contributed by atoms with Gasteiger partial charge in [-0.05, 0) is 83.3 Å². The van der Waals surface area contributed by atoms with E-state index in [1.807, 2.05) is 26.0 Å². The number of piperidine rings is 1. The highest BCUT2D eigenvalue weighted by Gasteiger charge is 2.25. The van der Waals surface area contributed by atoms with E-state index in [4.69, 9.17) is 11.6 Å². The number of allylic oxidation sites excluding steroid dienone is 1. The average Bonchev–Trinajstić information content (AvgIpc) is 2.73. The third-order valence-corrected chi connectivity index (χ3v) is 6.51. The first kappa shape index (κ1) is 23.5. The zero-order valence-electron chi connectivity index (χ0n) is 18.9. The summed E-state index contributed by atoms with van der Waals surface area (Å²) < 4.78 is 0. The number of benzene rings is 1. The summed E-state index contributed by atoms with van der Waals surface area (Å²) in [5.41, 5.74) is 4.09. The quantitative estimate of drug-likeness (QED) is 0.671. The molecule has 31 heavy (non-hydrogen) atoms. The molecule has 1 aromatic carbocycles. The molecule has 2 aliphatic heterocycles. The van der Waals surface area contributed by atoms with Gasteiger partial charge in [-0.1, -0.05) is 17.2 Å². The smallest absolute Gasteiger partial charge is 0.254 e. The molecular weight excluding hydrogens is 412 g/mol. The van der Waals surface area contributed by atoms with Gasteiger partial charge < -0.3 is 15.5 Å². The van der Waals surface area contributed by atoms with Crippen molar-refractivity contribution >= 4 is 34.8 Å². The summed E-state index contributed by atoms with van der Waals surface area (Å²) in [6.45, 7) is 12.0. The predicted octanol–water partition coefficient (Wildman–Crippen LogP) is 3.77. The second-order valence-corrected chi connectivity index (χ2v) is 9.01. The van der Waals surface area contributed by atoms with Gasteiger partial charge in [0.15, 0.2) is 0 Å². The molecule has 0 aromatic heterocycles. The summed E-state index contributed by atoms with van der Waals surface area (Å²) >= 11 is 6.42. The first-order chi connectivity index (χ1) is 14.8. The molecule has 1 fully saturated rings. The van der Waals surface area contributed by atoms with Crippen LogP contribution < -0.4 is 15.5 Å². The Hall–Kier alpha value is -2.18. The minimum atomic E-state index is -0.418. The van der Waals surface area contributed by atoms with Crippen LogP contribution in [0.3, 0.4) is 0 Å². The van der Waals surface area contributed by atoms with E-state index < -0.39 is 5.92 Å². The van der Waals surface area contributed by atoms with Gasteiger partial charge in [-0.3, -0.25) is 9.59 Å². The van der Waals surface area contributed by atoms with Gasteiger partial charge in [0.1, 0.15) is 0 Å². The number of amides is 2. The van der Waals surface area contributed by atoms with Gasteiger partial charge >= 0.3 is 0 Å². The average molecular weight is 445 g/mol. The summed E-state index contributed by atoms with van der Waals surface area (Å²) in [6, 6.07) is 3.66. The van der Waals surface area contributed by atoms with E-state index in [-0.39, 0.29) is 18.4 Å². The van der Waals surface area contributed by atoms with Gasteiger partial charge in [0, 0.05) is 41.6 Å². The molecule has 2 heterocycles. The van der Waals surface area contributed by atoms with Gasteiger partial charge in [-0.25, -0.2) is 4.99 Å². The molecule has 2 aliphatic rings. The first-order valence-electron chi connectivity index (χ1n) is 11.1. The van der Waals surface area contributed by atoms with Crippen LogP contribution in [0, 0.1) is 18.8 Å². The van der Waals surface area contributed by atoms with Crippen LogP contribution in [0.25, 0.3) is 0 Å². The monoisotopic (exact) mass is 444 g/mol. The predicted molar refractivity (Wildman–Crippen MR) is 127 cm³/mol. The maximum atomic E-state index is 13.0. The molecule has 6 nitrogen and oxygen atoms in total. The first-order valence-corrected chi connectivity index (χ1v) is 11.5. The minimum Gasteiger partial charge on any atom is -0.371 e. The summed E-state index contributed by atoms with van der Waals surface area (Å²) in [6.07, 6.45) is 4.21. The fourth-order valence-corrected chi connectivity index (χ4v) is 4.66. The van der Waals surface area contributed by atoms with Crippen LogP contribution in [0.1, 0.15) is 49.5 Å². The molecule has 0 saturated carbocycles. The minimum absolute atomic E-state index is 0.208. The van der Waals surface area contributed by atoms with E-state index in [0.29, 0.717) is 22.2 Å². The van der Waals surface area contributed by atoms with Crippen LogP contribution in [-0.4, -0.2) is 50.2 Å². The third kappa shape index (κ3) is 5.74. The highest BCUT2D eigenvalue weighted by atomic mass is 35.5. The number of dihydropyridines is 1. The van der Waals surface area contributed by atoms with Crippen LogP contribution >= 0.6 is 11.6 Å². The highest BCUT2D eigenvalue weighted by molar-refractivity contribution is 6.31. The number of rotatable bonds is 7. The number of nitrogens with zero attached hydrogens (tertiary/aromatic N) is 2. The molecule has 0 aliphatic carbocycles. The van der Waals surface area contributed by atoms with Gasteiger partial charge in [0.25, 0.3) is 11.8 Å². The Morgan fingerprint density at radius 3 is 2.61 bits per heavy atom. The van der Waals surface area contributed by atoms with Gasteiger partial charge in [0.2, 0.25) is 0 Å². The van der Waals surface area contributed by atoms with Crippen molar-refractivity contribution in [1.82, 2.24) is 10.6 Å². The molecule has 2 N–H and O–H groups in total. The Morgan fingerprint density at radius 1 is 1.26 bits per heavy atom. The van der Waals surface area contributed by atoms with Crippen molar-refractivity contribution in [2.24, 2.45) is 16.8 Å². The van der Waals surface area contributed by atoms with E-state index >= 15 is 0 Å². The number of halogens is 1. The van der Waals surface area contributed by atoms with Crippen LogP contribution in [0.4, 0.5) is 5.69 Å². The molecule has 0 spiro atoms. The summed E-state index contributed by atoms with van der Waals surface area (Å²) in [4.78, 5) is 31.6. The Labute approximate surface area is 190 Å². The topological polar surface area (TPSA) is 73.8 Å². The molecule has 0 bridgehead atoms. The Morgan fingerprint density at radius 2 is 1.97 bits per heavy atom. The lowest BCUT2D eigenvalue weighted by Gasteiger charge is -2.32. The summed E-state index contributed by atoms with van der Waals surface area (Å²) in [7, 11) is 0. The van der Waals surface area contributed by atoms with E-state index in [9.17, 15) is 9.59 Å². The van der Waals surface area contributed by atoms with Crippen LogP contribution in [-0.2, 0) is 4.79 Å². The SMILES string of the molecule is CCN(CC1CCNCC1)c1cc(Cl)cc(C(=O)NCC2C(=O)N=C(C)C=C2C)c1C. The second-order valence-electron chi connectivity index (χ2n) is 8.57. The summed E-state index contributed by atoms with van der Waals surface area (Å²) in [5.74, 6) is -0.210. The second kappa shape index (κ2) is 10.4. The third-order valence-electron chi connectivity index (χ3n) is 6.29. The van der Waals surface area contributed by atoms with Gasteiger partial charge in [-0.15, -0.1) is 0 Å². The fraction of sp³-hybridized carbons (Fsp3) is 0.542. The fourth-order valence-electron chi connectivity index (χ4n) is 4.45. The van der Waals surface area contributed by atoms with Crippen LogP contribution in [0.2, 0.25) is 5.02 Å². The highest BCUT2D eigenvalue weighted by Crippen LogP contribution is 2.30. The Bertz CT molecular complexity index is 903. The number of hydrogen-bond donors (Lipinski definition) is 2. The van der Waals surface area contributed by atoms with Crippen molar-refractivity contribution in [1.29, 1.82) is 0 Å². The standard InChI is InChI=1S/C24H33ClN4O2/c1-5-29(14-18-6-8-26-9-7-18)22-12-19(25)11-20(17(22)4)23(30)27-13-21-15(2)10-16(3)28-24(21)31/h10-12,18,21,26H,5-9,13-14H2,1-4H3,(H,27,30). The van der Waals surface area contributed by atoms with Crippen molar-refractivity contribution in [3.8, 4) is 0 Å². The van der Waals surface area contributed by atoms with Crippen molar-refractivity contribution in [3.63, 3.8) is 0 Å². The number of anilines is 1. The van der Waals surface area contributed by atoms with Crippen LogP contribution in [0.15, 0.2) is 28.8 Å².